The van der Waals surface area contributed by atoms with Crippen LogP contribution < -0.4 is 0 Å². The molecule has 1 aliphatic rings. The van der Waals surface area contributed by atoms with Crippen LogP contribution in [0, 0.1) is 6.92 Å². The molecule has 1 heteroatoms. The summed E-state index contributed by atoms with van der Waals surface area (Å²) in [6.45, 7) is 3.86. The molecule has 0 heterocycles. The molecule has 1 aromatic rings. The molecule has 2 rings (SSSR count). The van der Waals surface area contributed by atoms with Crippen molar-refractivity contribution in [3.63, 3.8) is 0 Å². The van der Waals surface area contributed by atoms with E-state index in [0.29, 0.717) is 0 Å². The molecule has 0 saturated heterocycles. The predicted molar refractivity (Wildman–Crippen MR) is 49.2 cm³/mol. The summed E-state index contributed by atoms with van der Waals surface area (Å²) >= 11 is 0. The molecule has 0 unspecified atom stereocenters. The van der Waals surface area contributed by atoms with Gasteiger partial charge in [0.15, 0.2) is 5.78 Å². The SMILES string of the molecule is CC1=Cc2ccc(C)cc2C1=O. The Morgan fingerprint density at radius 2 is 1.92 bits per heavy atom. The van der Waals surface area contributed by atoms with Crippen LogP contribution in [0.25, 0.3) is 6.08 Å². The molecule has 0 atom stereocenters. The van der Waals surface area contributed by atoms with Crippen LogP contribution in [-0.4, -0.2) is 5.78 Å². The van der Waals surface area contributed by atoms with E-state index in [-0.39, 0.29) is 5.78 Å². The van der Waals surface area contributed by atoms with Gasteiger partial charge in [-0.25, -0.2) is 0 Å². The largest absolute Gasteiger partial charge is 0.289 e. The van der Waals surface area contributed by atoms with E-state index in [1.54, 1.807) is 0 Å². The third-order valence-corrected chi connectivity index (χ3v) is 2.18. The molecular weight excluding hydrogens is 148 g/mol. The van der Waals surface area contributed by atoms with Crippen LogP contribution >= 0.6 is 0 Å². The van der Waals surface area contributed by atoms with Crippen molar-refractivity contribution in [2.24, 2.45) is 0 Å². The van der Waals surface area contributed by atoms with E-state index in [4.69, 9.17) is 0 Å². The highest BCUT2D eigenvalue weighted by Gasteiger charge is 2.18. The summed E-state index contributed by atoms with van der Waals surface area (Å²) in [5.41, 5.74) is 3.90. The van der Waals surface area contributed by atoms with Gasteiger partial charge < -0.3 is 0 Å². The first-order valence-electron chi connectivity index (χ1n) is 4.02. The van der Waals surface area contributed by atoms with E-state index in [0.717, 1.165) is 22.3 Å². The van der Waals surface area contributed by atoms with Crippen LogP contribution in [-0.2, 0) is 0 Å². The molecule has 0 spiro atoms. The zero-order valence-corrected chi connectivity index (χ0v) is 7.22. The van der Waals surface area contributed by atoms with Gasteiger partial charge in [-0.15, -0.1) is 0 Å². The molecule has 0 amide bonds. The summed E-state index contributed by atoms with van der Waals surface area (Å²) in [6, 6.07) is 5.98. The maximum absolute atomic E-state index is 11.5. The maximum Gasteiger partial charge on any atom is 0.189 e. The molecule has 0 N–H and O–H groups in total. The molecule has 1 aromatic carbocycles. The molecule has 12 heavy (non-hydrogen) atoms. The average molecular weight is 158 g/mol. The van der Waals surface area contributed by atoms with Gasteiger partial charge in [0, 0.05) is 5.56 Å². The number of ketones is 1. The predicted octanol–water partition coefficient (Wildman–Crippen LogP) is 2.59. The number of benzene rings is 1. The molecule has 0 aromatic heterocycles. The number of fused-ring (bicyclic) bond motifs is 1. The summed E-state index contributed by atoms with van der Waals surface area (Å²) in [5.74, 6) is 0.175. The molecule has 0 fully saturated rings. The number of carbonyl (C=O) groups is 1. The van der Waals surface area contributed by atoms with E-state index in [9.17, 15) is 4.79 Å². The van der Waals surface area contributed by atoms with Crippen LogP contribution in [0.1, 0.15) is 28.4 Å². The summed E-state index contributed by atoms with van der Waals surface area (Å²) in [5, 5.41) is 0. The zero-order chi connectivity index (χ0) is 8.72. The van der Waals surface area contributed by atoms with Crippen LogP contribution in [0.5, 0.6) is 0 Å². The molecule has 0 aliphatic heterocycles. The third kappa shape index (κ3) is 0.900. The number of carbonyl (C=O) groups excluding carboxylic acids is 1. The summed E-state index contributed by atoms with van der Waals surface area (Å²) < 4.78 is 0. The first-order chi connectivity index (χ1) is 5.68. The Morgan fingerprint density at radius 3 is 2.67 bits per heavy atom. The minimum Gasteiger partial charge on any atom is -0.289 e. The minimum atomic E-state index is 0.175. The number of hydrogen-bond donors (Lipinski definition) is 0. The highest BCUT2D eigenvalue weighted by Crippen LogP contribution is 2.25. The lowest BCUT2D eigenvalue weighted by molar-refractivity contribution is 0.103. The van der Waals surface area contributed by atoms with E-state index in [1.807, 2.05) is 38.1 Å². The standard InChI is InChI=1S/C11H10O/c1-7-3-4-9-6-8(2)11(12)10(9)5-7/h3-6H,1-2H3. The number of aryl methyl sites for hydroxylation is 1. The Labute approximate surface area is 71.7 Å². The molecule has 0 radical (unpaired) electrons. The smallest absolute Gasteiger partial charge is 0.189 e. The monoisotopic (exact) mass is 158 g/mol. The third-order valence-electron chi connectivity index (χ3n) is 2.18. The highest BCUT2D eigenvalue weighted by molar-refractivity contribution is 6.17. The van der Waals surface area contributed by atoms with Gasteiger partial charge >= 0.3 is 0 Å². The van der Waals surface area contributed by atoms with E-state index in [2.05, 4.69) is 0 Å². The van der Waals surface area contributed by atoms with Crippen molar-refractivity contribution >= 4 is 11.9 Å². The van der Waals surface area contributed by atoms with Crippen molar-refractivity contribution < 1.29 is 4.79 Å². The van der Waals surface area contributed by atoms with Crippen molar-refractivity contribution in [3.05, 3.63) is 40.5 Å². The number of Topliss-reactive ketones (excluding diaryl/α,β-unsaturated/α-hetero) is 1. The lowest BCUT2D eigenvalue weighted by atomic mass is 10.1. The van der Waals surface area contributed by atoms with Crippen molar-refractivity contribution in [2.75, 3.05) is 0 Å². The average Bonchev–Trinajstić information content (AvgIpc) is 2.31. The topological polar surface area (TPSA) is 17.1 Å². The summed E-state index contributed by atoms with van der Waals surface area (Å²) in [4.78, 5) is 11.5. The van der Waals surface area contributed by atoms with Gasteiger partial charge in [0.25, 0.3) is 0 Å². The Morgan fingerprint density at radius 1 is 1.17 bits per heavy atom. The number of allylic oxidation sites excluding steroid dienone is 1. The van der Waals surface area contributed by atoms with Gasteiger partial charge in [-0.05, 0) is 37.1 Å². The normalized spacial score (nSPS) is 14.5. The Hall–Kier alpha value is -1.37. The van der Waals surface area contributed by atoms with Crippen LogP contribution in [0.4, 0.5) is 0 Å². The van der Waals surface area contributed by atoms with Gasteiger partial charge in [0.1, 0.15) is 0 Å². The summed E-state index contributed by atoms with van der Waals surface area (Å²) in [7, 11) is 0. The van der Waals surface area contributed by atoms with Gasteiger partial charge in [-0.3, -0.25) is 4.79 Å². The second-order valence-electron chi connectivity index (χ2n) is 3.25. The highest BCUT2D eigenvalue weighted by atomic mass is 16.1. The molecule has 1 nitrogen and oxygen atoms in total. The maximum atomic E-state index is 11.5. The van der Waals surface area contributed by atoms with Gasteiger partial charge in [0.05, 0.1) is 0 Å². The van der Waals surface area contributed by atoms with Crippen molar-refractivity contribution in [2.45, 2.75) is 13.8 Å². The first-order valence-corrected chi connectivity index (χ1v) is 4.02. The molecule has 0 saturated carbocycles. The molecular formula is C11H10O. The Kier molecular flexibility index (Phi) is 1.40. The molecule has 60 valence electrons. The lowest BCUT2D eigenvalue weighted by Gasteiger charge is -1.97. The fourth-order valence-electron chi connectivity index (χ4n) is 1.50. The van der Waals surface area contributed by atoms with Crippen LogP contribution in [0.15, 0.2) is 23.8 Å². The Balaban J connectivity index is 2.65. The van der Waals surface area contributed by atoms with Gasteiger partial charge in [-0.2, -0.15) is 0 Å². The van der Waals surface area contributed by atoms with E-state index in [1.165, 1.54) is 0 Å². The van der Waals surface area contributed by atoms with E-state index >= 15 is 0 Å². The van der Waals surface area contributed by atoms with Crippen molar-refractivity contribution in [1.29, 1.82) is 0 Å². The van der Waals surface area contributed by atoms with E-state index < -0.39 is 0 Å². The fourth-order valence-corrected chi connectivity index (χ4v) is 1.50. The van der Waals surface area contributed by atoms with Gasteiger partial charge in [0.2, 0.25) is 0 Å². The minimum absolute atomic E-state index is 0.175. The lowest BCUT2D eigenvalue weighted by Crippen LogP contribution is -1.95. The zero-order valence-electron chi connectivity index (χ0n) is 7.22. The quantitative estimate of drug-likeness (QED) is 0.567. The second-order valence-corrected chi connectivity index (χ2v) is 3.25. The summed E-state index contributed by atoms with van der Waals surface area (Å²) in [6.07, 6.45) is 1.94. The number of rotatable bonds is 0. The van der Waals surface area contributed by atoms with Crippen molar-refractivity contribution in [3.8, 4) is 0 Å². The number of hydrogen-bond acceptors (Lipinski definition) is 1. The molecule has 0 bridgehead atoms. The Bertz CT molecular complexity index is 386. The fraction of sp³-hybridized carbons (Fsp3) is 0.182. The van der Waals surface area contributed by atoms with Crippen molar-refractivity contribution in [1.82, 2.24) is 0 Å². The van der Waals surface area contributed by atoms with Crippen LogP contribution in [0.2, 0.25) is 0 Å². The van der Waals surface area contributed by atoms with Gasteiger partial charge in [-0.1, -0.05) is 17.7 Å². The first kappa shape index (κ1) is 7.29. The molecule has 1 aliphatic carbocycles. The second kappa shape index (κ2) is 2.31. The van der Waals surface area contributed by atoms with Crippen LogP contribution in [0.3, 0.4) is 0 Å².